The number of rotatable bonds is 2. The molecule has 0 aliphatic rings. The van der Waals surface area contributed by atoms with Crippen molar-refractivity contribution in [3.8, 4) is 0 Å². The Morgan fingerprint density at radius 2 is 2.20 bits per heavy atom. The Bertz CT molecular complexity index is 493. The number of hydrogen-bond acceptors (Lipinski definition) is 2. The largest absolute Gasteiger partial charge is 0.457 e. The predicted octanol–water partition coefficient (Wildman–Crippen LogP) is 3.78. The van der Waals surface area contributed by atoms with Gasteiger partial charge in [0.2, 0.25) is 0 Å². The molecule has 80 valence electrons. The summed E-state index contributed by atoms with van der Waals surface area (Å²) in [4.78, 5) is 0. The molecule has 1 heterocycles. The van der Waals surface area contributed by atoms with Crippen LogP contribution in [0.2, 0.25) is 0 Å². The van der Waals surface area contributed by atoms with Crippen LogP contribution in [0.1, 0.15) is 17.4 Å². The third-order valence-corrected chi connectivity index (χ3v) is 3.09. The van der Waals surface area contributed by atoms with Crippen molar-refractivity contribution >= 4 is 38.5 Å². The van der Waals surface area contributed by atoms with E-state index in [9.17, 15) is 5.11 Å². The number of aliphatic hydroxyl groups excluding tert-OH is 1. The quantitative estimate of drug-likeness (QED) is 0.854. The average Bonchev–Trinajstić information content (AvgIpc) is 2.60. The fraction of sp³-hybridized carbons (Fsp3) is 0.273. The molecular formula is C11H10BrClO2. The van der Waals surface area contributed by atoms with Crippen LogP contribution >= 0.6 is 27.5 Å². The summed E-state index contributed by atoms with van der Waals surface area (Å²) < 4.78 is 6.42. The molecule has 1 unspecified atom stereocenters. The minimum atomic E-state index is -0.744. The van der Waals surface area contributed by atoms with Crippen LogP contribution in [-0.2, 0) is 0 Å². The number of benzene rings is 1. The van der Waals surface area contributed by atoms with Crippen molar-refractivity contribution in [3.05, 3.63) is 34.0 Å². The highest BCUT2D eigenvalue weighted by Gasteiger charge is 2.13. The summed E-state index contributed by atoms with van der Waals surface area (Å²) >= 11 is 8.99. The lowest BCUT2D eigenvalue weighted by atomic mass is 10.2. The summed E-state index contributed by atoms with van der Waals surface area (Å²) in [6.07, 6.45) is -0.744. The Kier molecular flexibility index (Phi) is 3.05. The number of furan rings is 1. The van der Waals surface area contributed by atoms with E-state index in [1.165, 1.54) is 0 Å². The molecule has 4 heteroatoms. The van der Waals surface area contributed by atoms with Crippen LogP contribution in [0.15, 0.2) is 27.1 Å². The Morgan fingerprint density at radius 3 is 2.87 bits per heavy atom. The number of aryl methyl sites for hydroxylation is 1. The minimum absolute atomic E-state index is 0.135. The van der Waals surface area contributed by atoms with Crippen molar-refractivity contribution in [2.75, 3.05) is 5.88 Å². The highest BCUT2D eigenvalue weighted by Crippen LogP contribution is 2.31. The maximum absolute atomic E-state index is 9.55. The van der Waals surface area contributed by atoms with Crippen molar-refractivity contribution < 1.29 is 9.52 Å². The average molecular weight is 290 g/mol. The monoisotopic (exact) mass is 288 g/mol. The highest BCUT2D eigenvalue weighted by atomic mass is 79.9. The number of hydrogen-bond donors (Lipinski definition) is 1. The lowest BCUT2D eigenvalue weighted by molar-refractivity contribution is 0.175. The Hall–Kier alpha value is -0.510. The second-order valence-corrected chi connectivity index (χ2v) is 4.65. The van der Waals surface area contributed by atoms with Gasteiger partial charge in [0.1, 0.15) is 17.4 Å². The lowest BCUT2D eigenvalue weighted by Gasteiger charge is -2.00. The summed E-state index contributed by atoms with van der Waals surface area (Å²) in [6, 6.07) is 5.80. The third kappa shape index (κ3) is 2.05. The zero-order valence-electron chi connectivity index (χ0n) is 8.13. The van der Waals surface area contributed by atoms with Gasteiger partial charge in [0.15, 0.2) is 0 Å². The molecule has 2 aromatic rings. The number of aliphatic hydroxyl groups is 1. The maximum atomic E-state index is 9.55. The first kappa shape index (κ1) is 11.0. The van der Waals surface area contributed by atoms with Gasteiger partial charge in [-0.25, -0.2) is 0 Å². The van der Waals surface area contributed by atoms with E-state index in [0.29, 0.717) is 5.76 Å². The van der Waals surface area contributed by atoms with Crippen LogP contribution in [0, 0.1) is 6.92 Å². The van der Waals surface area contributed by atoms with Crippen LogP contribution in [-0.4, -0.2) is 11.0 Å². The second-order valence-electron chi connectivity index (χ2n) is 3.48. The molecule has 1 aromatic carbocycles. The van der Waals surface area contributed by atoms with Gasteiger partial charge in [-0.15, -0.1) is 11.6 Å². The number of fused-ring (bicyclic) bond motifs is 1. The van der Waals surface area contributed by atoms with E-state index in [-0.39, 0.29) is 5.88 Å². The van der Waals surface area contributed by atoms with Crippen LogP contribution in [0.4, 0.5) is 0 Å². The van der Waals surface area contributed by atoms with Gasteiger partial charge in [-0.1, -0.05) is 0 Å². The van der Waals surface area contributed by atoms with E-state index in [0.717, 1.165) is 21.0 Å². The fourth-order valence-corrected chi connectivity index (χ4v) is 2.33. The van der Waals surface area contributed by atoms with E-state index >= 15 is 0 Å². The molecule has 0 spiro atoms. The summed E-state index contributed by atoms with van der Waals surface area (Å²) in [7, 11) is 0. The first-order valence-corrected chi connectivity index (χ1v) is 5.88. The maximum Gasteiger partial charge on any atom is 0.148 e. The third-order valence-electron chi connectivity index (χ3n) is 2.21. The molecule has 0 amide bonds. The van der Waals surface area contributed by atoms with E-state index in [4.69, 9.17) is 16.0 Å². The Labute approximate surface area is 101 Å². The van der Waals surface area contributed by atoms with Crippen molar-refractivity contribution in [1.29, 1.82) is 0 Å². The van der Waals surface area contributed by atoms with E-state index in [2.05, 4.69) is 15.9 Å². The number of halogens is 2. The first-order chi connectivity index (χ1) is 7.11. The van der Waals surface area contributed by atoms with Crippen molar-refractivity contribution in [3.63, 3.8) is 0 Å². The van der Waals surface area contributed by atoms with Gasteiger partial charge in [-0.3, -0.25) is 0 Å². The van der Waals surface area contributed by atoms with E-state index in [1.807, 2.05) is 25.1 Å². The molecule has 1 N–H and O–H groups in total. The highest BCUT2D eigenvalue weighted by molar-refractivity contribution is 9.10. The standard InChI is InChI=1S/C11H10BrClO2/c1-6-2-7-4-10(9(14)5-13)15-11(7)8(12)3-6/h2-4,9,14H,5H2,1H3. The van der Waals surface area contributed by atoms with E-state index < -0.39 is 6.10 Å². The zero-order chi connectivity index (χ0) is 11.0. The van der Waals surface area contributed by atoms with Gasteiger partial charge in [0.25, 0.3) is 0 Å². The fourth-order valence-electron chi connectivity index (χ4n) is 1.51. The molecule has 1 aromatic heterocycles. The summed E-state index contributed by atoms with van der Waals surface area (Å²) in [6.45, 7) is 2.01. The molecule has 0 saturated heterocycles. The molecule has 0 aliphatic heterocycles. The summed E-state index contributed by atoms with van der Waals surface area (Å²) in [5, 5.41) is 10.5. The molecular weight excluding hydrogens is 279 g/mol. The minimum Gasteiger partial charge on any atom is -0.457 e. The molecule has 0 fully saturated rings. The predicted molar refractivity (Wildman–Crippen MR) is 64.3 cm³/mol. The van der Waals surface area contributed by atoms with Crippen LogP contribution in [0.25, 0.3) is 11.0 Å². The lowest BCUT2D eigenvalue weighted by Crippen LogP contribution is -1.95. The molecule has 0 saturated carbocycles. The first-order valence-electron chi connectivity index (χ1n) is 4.55. The van der Waals surface area contributed by atoms with Gasteiger partial charge in [0, 0.05) is 5.39 Å². The summed E-state index contributed by atoms with van der Waals surface area (Å²) in [5.74, 6) is 0.641. The van der Waals surface area contributed by atoms with Gasteiger partial charge in [0.05, 0.1) is 10.4 Å². The van der Waals surface area contributed by atoms with Gasteiger partial charge in [-0.05, 0) is 46.6 Å². The molecule has 2 rings (SSSR count). The Balaban J connectivity index is 2.60. The van der Waals surface area contributed by atoms with Crippen LogP contribution < -0.4 is 0 Å². The zero-order valence-corrected chi connectivity index (χ0v) is 10.5. The van der Waals surface area contributed by atoms with Crippen molar-refractivity contribution in [2.45, 2.75) is 13.0 Å². The van der Waals surface area contributed by atoms with Crippen LogP contribution in [0.3, 0.4) is 0 Å². The van der Waals surface area contributed by atoms with Gasteiger partial charge >= 0.3 is 0 Å². The normalized spacial score (nSPS) is 13.3. The smallest absolute Gasteiger partial charge is 0.148 e. The van der Waals surface area contributed by atoms with Crippen molar-refractivity contribution in [2.24, 2.45) is 0 Å². The van der Waals surface area contributed by atoms with Gasteiger partial charge in [-0.2, -0.15) is 0 Å². The second kappa shape index (κ2) is 4.16. The topological polar surface area (TPSA) is 33.4 Å². The molecule has 0 radical (unpaired) electrons. The number of alkyl halides is 1. The SMILES string of the molecule is Cc1cc(Br)c2oc(C(O)CCl)cc2c1. The van der Waals surface area contributed by atoms with Gasteiger partial charge < -0.3 is 9.52 Å². The molecule has 0 bridgehead atoms. The summed E-state index contributed by atoms with van der Waals surface area (Å²) in [5.41, 5.74) is 1.89. The van der Waals surface area contributed by atoms with Crippen LogP contribution in [0.5, 0.6) is 0 Å². The molecule has 0 aliphatic carbocycles. The molecule has 1 atom stereocenters. The molecule has 2 nitrogen and oxygen atoms in total. The van der Waals surface area contributed by atoms with Crippen molar-refractivity contribution in [1.82, 2.24) is 0 Å². The molecule has 15 heavy (non-hydrogen) atoms. The van der Waals surface area contributed by atoms with E-state index in [1.54, 1.807) is 0 Å². The Morgan fingerprint density at radius 1 is 1.47 bits per heavy atom.